The van der Waals surface area contributed by atoms with Gasteiger partial charge in [0, 0.05) is 0 Å². The van der Waals surface area contributed by atoms with Crippen LogP contribution in [0.4, 0.5) is 5.69 Å². The lowest BCUT2D eigenvalue weighted by atomic mass is 10.1. The summed E-state index contributed by atoms with van der Waals surface area (Å²) < 4.78 is 10.3. The highest BCUT2D eigenvalue weighted by atomic mass is 32.2. The van der Waals surface area contributed by atoms with Crippen molar-refractivity contribution in [2.24, 2.45) is 0 Å². The van der Waals surface area contributed by atoms with E-state index in [1.54, 1.807) is 61.7 Å². The average molecular weight is 385 g/mol. The van der Waals surface area contributed by atoms with Crippen LogP contribution in [0.3, 0.4) is 0 Å². The van der Waals surface area contributed by atoms with E-state index in [1.807, 2.05) is 0 Å². The van der Waals surface area contributed by atoms with Crippen molar-refractivity contribution in [3.05, 3.63) is 64.6 Å². The van der Waals surface area contributed by atoms with Gasteiger partial charge in [-0.15, -0.1) is 0 Å². The number of ether oxygens (including phenoxy) is 2. The number of hydrogen-bond donors (Lipinski definition) is 0. The summed E-state index contributed by atoms with van der Waals surface area (Å²) in [6.07, 6.45) is 1.75. The van der Waals surface area contributed by atoms with Crippen LogP contribution in [0, 0.1) is 0 Å². The van der Waals surface area contributed by atoms with Crippen LogP contribution < -0.4 is 9.64 Å². The average Bonchev–Trinajstić information content (AvgIpc) is 2.95. The van der Waals surface area contributed by atoms with E-state index in [4.69, 9.17) is 17.0 Å². The molecule has 0 aromatic heterocycles. The summed E-state index contributed by atoms with van der Waals surface area (Å²) in [7, 11) is 2.92. The number of methoxy groups -OCH3 is 2. The van der Waals surface area contributed by atoms with Crippen molar-refractivity contribution in [1.82, 2.24) is 0 Å². The highest BCUT2D eigenvalue weighted by Gasteiger charge is 2.33. The molecule has 1 heterocycles. The minimum atomic E-state index is -0.401. The van der Waals surface area contributed by atoms with Gasteiger partial charge < -0.3 is 9.47 Å². The maximum Gasteiger partial charge on any atom is 0.337 e. The summed E-state index contributed by atoms with van der Waals surface area (Å²) in [6.45, 7) is 0. The van der Waals surface area contributed by atoms with Crippen molar-refractivity contribution in [3.8, 4) is 5.75 Å². The molecule has 132 valence electrons. The third-order valence-corrected chi connectivity index (χ3v) is 5.06. The van der Waals surface area contributed by atoms with Crippen LogP contribution in [-0.2, 0) is 9.53 Å². The van der Waals surface area contributed by atoms with Gasteiger partial charge in [-0.05, 0) is 48.0 Å². The highest BCUT2D eigenvalue weighted by molar-refractivity contribution is 8.27. The molecule has 26 heavy (non-hydrogen) atoms. The van der Waals surface area contributed by atoms with Crippen molar-refractivity contribution in [3.63, 3.8) is 0 Å². The zero-order valence-corrected chi connectivity index (χ0v) is 15.7. The number of hydrogen-bond acceptors (Lipinski definition) is 6. The number of esters is 1. The molecule has 7 heteroatoms. The van der Waals surface area contributed by atoms with E-state index in [1.165, 1.54) is 23.8 Å². The summed E-state index contributed by atoms with van der Waals surface area (Å²) in [6, 6.07) is 14.0. The van der Waals surface area contributed by atoms with Crippen molar-refractivity contribution in [2.75, 3.05) is 19.1 Å². The number of carbonyl (C=O) groups excluding carboxylic acids is 2. The molecule has 0 N–H and O–H groups in total. The van der Waals surface area contributed by atoms with Crippen LogP contribution in [0.5, 0.6) is 5.75 Å². The second-order valence-corrected chi connectivity index (χ2v) is 7.00. The first kappa shape index (κ1) is 18.2. The molecule has 1 aliphatic rings. The number of rotatable bonds is 4. The summed E-state index contributed by atoms with van der Waals surface area (Å²) in [5, 5.41) is 0. The number of carbonyl (C=O) groups is 2. The molecule has 1 fully saturated rings. The Bertz CT molecular complexity index is 889. The monoisotopic (exact) mass is 385 g/mol. The van der Waals surface area contributed by atoms with E-state index in [-0.39, 0.29) is 5.91 Å². The Morgan fingerprint density at radius 2 is 1.73 bits per heavy atom. The van der Waals surface area contributed by atoms with E-state index < -0.39 is 5.97 Å². The molecular weight excluding hydrogens is 370 g/mol. The van der Waals surface area contributed by atoms with Crippen molar-refractivity contribution in [2.45, 2.75) is 0 Å². The summed E-state index contributed by atoms with van der Waals surface area (Å²) in [5.74, 6) is 0.130. The molecule has 0 bridgehead atoms. The molecule has 0 aliphatic carbocycles. The Balaban J connectivity index is 1.83. The van der Waals surface area contributed by atoms with Gasteiger partial charge in [-0.1, -0.05) is 36.1 Å². The Labute approximate surface area is 160 Å². The van der Waals surface area contributed by atoms with Crippen molar-refractivity contribution in [1.29, 1.82) is 0 Å². The Kier molecular flexibility index (Phi) is 5.39. The van der Waals surface area contributed by atoms with E-state index in [0.717, 1.165) is 5.56 Å². The van der Waals surface area contributed by atoms with E-state index in [2.05, 4.69) is 4.74 Å². The van der Waals surface area contributed by atoms with Gasteiger partial charge in [-0.2, -0.15) is 0 Å². The second kappa shape index (κ2) is 7.72. The molecule has 1 amide bonds. The molecule has 0 radical (unpaired) electrons. The lowest BCUT2D eigenvalue weighted by Crippen LogP contribution is -2.27. The fourth-order valence-electron chi connectivity index (χ4n) is 2.41. The maximum absolute atomic E-state index is 12.7. The van der Waals surface area contributed by atoms with E-state index >= 15 is 0 Å². The third-order valence-electron chi connectivity index (χ3n) is 3.75. The number of amides is 1. The first-order valence-electron chi connectivity index (χ1n) is 7.64. The summed E-state index contributed by atoms with van der Waals surface area (Å²) in [4.78, 5) is 26.2. The molecule has 2 aromatic rings. The van der Waals surface area contributed by atoms with Gasteiger partial charge in [0.1, 0.15) is 5.75 Å². The van der Waals surface area contributed by atoms with Crippen molar-refractivity contribution >= 4 is 51.9 Å². The lowest BCUT2D eigenvalue weighted by molar-refractivity contribution is -0.113. The zero-order chi connectivity index (χ0) is 18.7. The third kappa shape index (κ3) is 3.63. The summed E-state index contributed by atoms with van der Waals surface area (Å²) in [5.41, 5.74) is 1.95. The molecule has 5 nitrogen and oxygen atoms in total. The van der Waals surface area contributed by atoms with Gasteiger partial charge in [0.25, 0.3) is 5.91 Å². The van der Waals surface area contributed by atoms with Crippen LogP contribution >= 0.6 is 24.0 Å². The van der Waals surface area contributed by atoms with Crippen LogP contribution in [0.15, 0.2) is 53.4 Å². The first-order chi connectivity index (χ1) is 12.5. The molecule has 0 atom stereocenters. The van der Waals surface area contributed by atoms with E-state index in [9.17, 15) is 9.59 Å². The molecule has 0 spiro atoms. The van der Waals surface area contributed by atoms with Gasteiger partial charge >= 0.3 is 5.97 Å². The Morgan fingerprint density at radius 1 is 1.08 bits per heavy atom. The summed E-state index contributed by atoms with van der Waals surface area (Å²) >= 11 is 6.60. The quantitative estimate of drug-likeness (QED) is 0.452. The number of anilines is 1. The molecule has 1 aliphatic heterocycles. The van der Waals surface area contributed by atoms with Crippen LogP contribution in [0.25, 0.3) is 6.08 Å². The van der Waals surface area contributed by atoms with Gasteiger partial charge in [0.2, 0.25) is 0 Å². The van der Waals surface area contributed by atoms with Crippen LogP contribution in [-0.4, -0.2) is 30.4 Å². The molecule has 2 aromatic carbocycles. The predicted molar refractivity (Wildman–Crippen MR) is 106 cm³/mol. The van der Waals surface area contributed by atoms with Gasteiger partial charge in [-0.25, -0.2) is 4.79 Å². The predicted octanol–water partition coefficient (Wildman–Crippen LogP) is 3.89. The van der Waals surface area contributed by atoms with Crippen LogP contribution in [0.2, 0.25) is 0 Å². The standard InChI is InChI=1S/C19H15NO4S2/c1-23-15-9-7-14(8-10-15)20-17(21)16(26-19(20)25)11-12-3-5-13(6-4-12)18(22)24-2/h3-11H,1-2H3/b16-11-. The molecule has 1 saturated heterocycles. The van der Waals surface area contributed by atoms with Crippen molar-refractivity contribution < 1.29 is 19.1 Å². The fraction of sp³-hybridized carbons (Fsp3) is 0.105. The first-order valence-corrected chi connectivity index (χ1v) is 8.86. The topological polar surface area (TPSA) is 55.8 Å². The Morgan fingerprint density at radius 3 is 2.31 bits per heavy atom. The molecule has 0 unspecified atom stereocenters. The Hall–Kier alpha value is -2.64. The fourth-order valence-corrected chi connectivity index (χ4v) is 3.71. The van der Waals surface area contributed by atoms with Crippen LogP contribution in [0.1, 0.15) is 15.9 Å². The SMILES string of the molecule is COC(=O)c1ccc(/C=C2\SC(=S)N(c3ccc(OC)cc3)C2=O)cc1. The number of thioether (sulfide) groups is 1. The number of nitrogens with zero attached hydrogens (tertiary/aromatic N) is 1. The molecule has 3 rings (SSSR count). The number of benzene rings is 2. The minimum Gasteiger partial charge on any atom is -0.497 e. The second-order valence-electron chi connectivity index (χ2n) is 5.33. The lowest BCUT2D eigenvalue weighted by Gasteiger charge is -2.14. The zero-order valence-electron chi connectivity index (χ0n) is 14.1. The molecular formula is C19H15NO4S2. The highest BCUT2D eigenvalue weighted by Crippen LogP contribution is 2.36. The van der Waals surface area contributed by atoms with E-state index in [0.29, 0.717) is 26.2 Å². The van der Waals surface area contributed by atoms with Gasteiger partial charge in [-0.3, -0.25) is 9.69 Å². The van der Waals surface area contributed by atoms with Gasteiger partial charge in [0.15, 0.2) is 4.32 Å². The number of thiocarbonyl (C=S) groups is 1. The maximum atomic E-state index is 12.7. The smallest absolute Gasteiger partial charge is 0.337 e. The van der Waals surface area contributed by atoms with Gasteiger partial charge in [0.05, 0.1) is 30.4 Å². The largest absolute Gasteiger partial charge is 0.497 e. The minimum absolute atomic E-state index is 0.179. The molecule has 0 saturated carbocycles. The normalized spacial score (nSPS) is 15.5.